The average molecular weight is 408 g/mol. The van der Waals surface area contributed by atoms with E-state index < -0.39 is 11.8 Å². The maximum absolute atomic E-state index is 12.4. The number of halogens is 1. The van der Waals surface area contributed by atoms with Gasteiger partial charge in [-0.05, 0) is 78.4 Å². The lowest BCUT2D eigenvalue weighted by atomic mass is 10.2. The number of benzene rings is 1. The van der Waals surface area contributed by atoms with E-state index >= 15 is 0 Å². The molecule has 2 heterocycles. The first-order chi connectivity index (χ1) is 10.5. The molecule has 1 saturated heterocycles. The highest BCUT2D eigenvalue weighted by molar-refractivity contribution is 14.1. The van der Waals surface area contributed by atoms with Crippen LogP contribution in [0.3, 0.4) is 0 Å². The van der Waals surface area contributed by atoms with Crippen LogP contribution >= 0.6 is 22.6 Å². The Kier molecular flexibility index (Phi) is 3.78. The van der Waals surface area contributed by atoms with Crippen molar-refractivity contribution in [3.8, 4) is 0 Å². The second-order valence-electron chi connectivity index (χ2n) is 5.00. The molecule has 3 rings (SSSR count). The molecule has 1 aliphatic heterocycles. The number of rotatable bonds is 2. The Morgan fingerprint density at radius 2 is 1.86 bits per heavy atom. The van der Waals surface area contributed by atoms with Crippen molar-refractivity contribution in [3.05, 3.63) is 56.6 Å². The van der Waals surface area contributed by atoms with Gasteiger partial charge in [0.25, 0.3) is 11.8 Å². The molecule has 1 aliphatic rings. The van der Waals surface area contributed by atoms with Gasteiger partial charge in [0.05, 0.1) is 5.69 Å². The second-order valence-corrected chi connectivity index (χ2v) is 6.25. The molecule has 112 valence electrons. The highest BCUT2D eigenvalue weighted by atomic mass is 127. The van der Waals surface area contributed by atoms with Crippen molar-refractivity contribution < 1.29 is 14.0 Å². The van der Waals surface area contributed by atoms with Crippen LogP contribution in [0.5, 0.6) is 0 Å². The molecule has 5 nitrogen and oxygen atoms in total. The van der Waals surface area contributed by atoms with Crippen LogP contribution in [-0.4, -0.2) is 11.8 Å². The monoisotopic (exact) mass is 408 g/mol. The number of carbonyl (C=O) groups is 2. The highest BCUT2D eigenvalue weighted by Gasteiger charge is 2.34. The van der Waals surface area contributed by atoms with Gasteiger partial charge in [-0.15, -0.1) is 0 Å². The first kappa shape index (κ1) is 14.8. The van der Waals surface area contributed by atoms with Crippen molar-refractivity contribution >= 4 is 46.2 Å². The van der Waals surface area contributed by atoms with Crippen molar-refractivity contribution in [2.45, 2.75) is 13.8 Å². The Bertz CT molecular complexity index is 771. The minimum atomic E-state index is -0.435. The largest absolute Gasteiger partial charge is 0.462 e. The third-order valence-corrected chi connectivity index (χ3v) is 4.17. The highest BCUT2D eigenvalue weighted by Crippen LogP contribution is 2.23. The number of hydrazine groups is 1. The minimum absolute atomic E-state index is 0.0623. The van der Waals surface area contributed by atoms with Gasteiger partial charge in [0, 0.05) is 3.57 Å². The zero-order chi connectivity index (χ0) is 15.9. The van der Waals surface area contributed by atoms with Crippen molar-refractivity contribution in [1.29, 1.82) is 0 Å². The molecule has 0 aliphatic carbocycles. The zero-order valence-electron chi connectivity index (χ0n) is 12.0. The molecule has 1 fully saturated rings. The summed E-state index contributed by atoms with van der Waals surface area (Å²) in [7, 11) is 0. The van der Waals surface area contributed by atoms with E-state index in [1.54, 1.807) is 18.2 Å². The fourth-order valence-corrected chi connectivity index (χ4v) is 2.50. The van der Waals surface area contributed by atoms with Crippen LogP contribution in [0.4, 0.5) is 5.69 Å². The van der Waals surface area contributed by atoms with Gasteiger partial charge < -0.3 is 4.42 Å². The number of hydrogen-bond donors (Lipinski definition) is 1. The molecule has 2 amide bonds. The smallest absolute Gasteiger partial charge is 0.282 e. The van der Waals surface area contributed by atoms with Crippen molar-refractivity contribution in [3.63, 3.8) is 0 Å². The third kappa shape index (κ3) is 2.66. The van der Waals surface area contributed by atoms with E-state index in [4.69, 9.17) is 4.42 Å². The fourth-order valence-electron chi connectivity index (χ4n) is 2.14. The summed E-state index contributed by atoms with van der Waals surface area (Å²) in [6.45, 7) is 3.75. The maximum atomic E-state index is 12.4. The Morgan fingerprint density at radius 1 is 1.18 bits per heavy atom. The quantitative estimate of drug-likeness (QED) is 0.472. The van der Waals surface area contributed by atoms with Crippen molar-refractivity contribution in [2.24, 2.45) is 0 Å². The molecule has 2 aromatic rings. The summed E-state index contributed by atoms with van der Waals surface area (Å²) in [4.78, 5) is 24.5. The molecule has 1 N–H and O–H groups in total. The van der Waals surface area contributed by atoms with Gasteiger partial charge in [-0.25, -0.2) is 5.01 Å². The summed E-state index contributed by atoms with van der Waals surface area (Å²) < 4.78 is 6.55. The Labute approximate surface area is 141 Å². The van der Waals surface area contributed by atoms with E-state index in [2.05, 4.69) is 28.0 Å². The van der Waals surface area contributed by atoms with Gasteiger partial charge in [-0.3, -0.25) is 15.0 Å². The lowest BCUT2D eigenvalue weighted by molar-refractivity contribution is -0.117. The number of nitrogens with one attached hydrogen (secondary N) is 1. The van der Waals surface area contributed by atoms with Crippen molar-refractivity contribution in [1.82, 2.24) is 5.43 Å². The topological polar surface area (TPSA) is 62.6 Å². The normalized spacial score (nSPS) is 16.5. The standard InChI is InChI=1S/C16H13IN2O3/c1-9-7-13(22-10(9)2)8-14-15(20)18-19(16(14)21)12-5-3-11(17)4-6-12/h3-8H,1-2H3,(H,18,20). The van der Waals surface area contributed by atoms with E-state index in [9.17, 15) is 9.59 Å². The molecule has 0 spiro atoms. The predicted octanol–water partition coefficient (Wildman–Crippen LogP) is 2.96. The van der Waals surface area contributed by atoms with Gasteiger partial charge >= 0.3 is 0 Å². The number of furan rings is 1. The Hall–Kier alpha value is -2.09. The first-order valence-electron chi connectivity index (χ1n) is 6.65. The number of carbonyl (C=O) groups excluding carboxylic acids is 2. The molecule has 6 heteroatoms. The third-order valence-electron chi connectivity index (χ3n) is 3.45. The molecule has 0 saturated carbocycles. The summed E-state index contributed by atoms with van der Waals surface area (Å²) >= 11 is 2.18. The minimum Gasteiger partial charge on any atom is -0.462 e. The summed E-state index contributed by atoms with van der Waals surface area (Å²) in [5.74, 6) is 0.443. The molecule has 22 heavy (non-hydrogen) atoms. The predicted molar refractivity (Wildman–Crippen MR) is 90.9 cm³/mol. The van der Waals surface area contributed by atoms with Crippen molar-refractivity contribution in [2.75, 3.05) is 5.01 Å². The van der Waals surface area contributed by atoms with E-state index in [-0.39, 0.29) is 5.57 Å². The molecule has 0 atom stereocenters. The van der Waals surface area contributed by atoms with Crippen LogP contribution in [0.25, 0.3) is 6.08 Å². The fraction of sp³-hybridized carbons (Fsp3) is 0.125. The van der Waals surface area contributed by atoms with Crippen LogP contribution in [0, 0.1) is 17.4 Å². The summed E-state index contributed by atoms with van der Waals surface area (Å²) in [5, 5.41) is 1.24. The molecular weight excluding hydrogens is 395 g/mol. The average Bonchev–Trinajstić information content (AvgIpc) is 2.94. The van der Waals surface area contributed by atoms with Crippen LogP contribution in [-0.2, 0) is 9.59 Å². The summed E-state index contributed by atoms with van der Waals surface area (Å²) in [6.07, 6.45) is 1.48. The van der Waals surface area contributed by atoms with E-state index in [1.807, 2.05) is 26.0 Å². The molecule has 0 radical (unpaired) electrons. The van der Waals surface area contributed by atoms with Gasteiger partial charge in [0.2, 0.25) is 0 Å². The van der Waals surface area contributed by atoms with Gasteiger partial charge in [-0.1, -0.05) is 0 Å². The van der Waals surface area contributed by atoms with E-state index in [0.717, 1.165) is 14.9 Å². The maximum Gasteiger partial charge on any atom is 0.282 e. The van der Waals surface area contributed by atoms with E-state index in [1.165, 1.54) is 11.1 Å². The summed E-state index contributed by atoms with van der Waals surface area (Å²) in [5.41, 5.74) is 4.22. The SMILES string of the molecule is Cc1cc(C=C2C(=O)NN(c3ccc(I)cc3)C2=O)oc1C. The summed E-state index contributed by atoms with van der Waals surface area (Å²) in [6, 6.07) is 9.11. The first-order valence-corrected chi connectivity index (χ1v) is 7.73. The lowest BCUT2D eigenvalue weighted by Crippen LogP contribution is -2.35. The van der Waals surface area contributed by atoms with Crippen LogP contribution in [0.2, 0.25) is 0 Å². The molecule has 0 bridgehead atoms. The molecule has 1 aromatic heterocycles. The number of hydrogen-bond acceptors (Lipinski definition) is 3. The number of nitrogens with zero attached hydrogens (tertiary/aromatic N) is 1. The Morgan fingerprint density at radius 3 is 2.45 bits per heavy atom. The second kappa shape index (κ2) is 5.60. The number of aryl methyl sites for hydroxylation is 2. The molecule has 0 unspecified atom stereocenters. The lowest BCUT2D eigenvalue weighted by Gasteiger charge is -2.14. The van der Waals surface area contributed by atoms with Crippen LogP contribution < -0.4 is 10.4 Å². The molecule has 1 aromatic carbocycles. The van der Waals surface area contributed by atoms with Gasteiger partial charge in [0.15, 0.2) is 0 Å². The Balaban J connectivity index is 1.93. The van der Waals surface area contributed by atoms with Gasteiger partial charge in [0.1, 0.15) is 17.1 Å². The number of anilines is 1. The van der Waals surface area contributed by atoms with Crippen LogP contribution in [0.1, 0.15) is 17.1 Å². The number of amides is 2. The van der Waals surface area contributed by atoms with Crippen LogP contribution in [0.15, 0.2) is 40.3 Å². The van der Waals surface area contributed by atoms with Gasteiger partial charge in [-0.2, -0.15) is 0 Å². The molecular formula is C16H13IN2O3. The van der Waals surface area contributed by atoms with E-state index in [0.29, 0.717) is 11.4 Å². The zero-order valence-corrected chi connectivity index (χ0v) is 14.2.